The number of fused-ring (bicyclic) bond motifs is 1. The highest BCUT2D eigenvalue weighted by molar-refractivity contribution is 7.15. The lowest BCUT2D eigenvalue weighted by molar-refractivity contribution is 0.0225. The summed E-state index contributed by atoms with van der Waals surface area (Å²) in [7, 11) is 0. The minimum absolute atomic E-state index is 0.0241. The monoisotopic (exact) mass is 376 g/mol. The van der Waals surface area contributed by atoms with E-state index in [1.807, 2.05) is 20.8 Å². The zero-order valence-corrected chi connectivity index (χ0v) is 15.6. The fourth-order valence-corrected chi connectivity index (χ4v) is 3.51. The molecular weight excluding hydrogens is 356 g/mol. The predicted octanol–water partition coefficient (Wildman–Crippen LogP) is 2.38. The molecule has 0 aromatic carbocycles. The number of nitrogens with one attached hydrogen (secondary N) is 2. The standard InChI is InChI=1S/C17H20N4O4S/c1-17(2,3)25-16(24)21-8-6-11-12(9-21)26-15(19-11)20-14(23)10-5-4-7-18-13(10)22/h4-5,7H,6,8-9H2,1-3H3,(H,18,22)(H,19,20,23). The summed E-state index contributed by atoms with van der Waals surface area (Å²) in [6, 6.07) is 3.04. The summed E-state index contributed by atoms with van der Waals surface area (Å²) < 4.78 is 5.40. The van der Waals surface area contributed by atoms with Crippen molar-refractivity contribution in [1.29, 1.82) is 0 Å². The van der Waals surface area contributed by atoms with Crippen LogP contribution in [0.4, 0.5) is 9.93 Å². The first kappa shape index (κ1) is 18.1. The van der Waals surface area contributed by atoms with Crippen molar-refractivity contribution in [1.82, 2.24) is 14.9 Å². The maximum absolute atomic E-state index is 12.2. The molecule has 26 heavy (non-hydrogen) atoms. The Balaban J connectivity index is 1.70. The zero-order chi connectivity index (χ0) is 18.9. The van der Waals surface area contributed by atoms with E-state index in [2.05, 4.69) is 15.3 Å². The summed E-state index contributed by atoms with van der Waals surface area (Å²) in [6.07, 6.45) is 1.69. The molecule has 0 saturated carbocycles. The molecule has 8 nitrogen and oxygen atoms in total. The number of aromatic nitrogens is 2. The maximum Gasteiger partial charge on any atom is 0.410 e. The van der Waals surface area contributed by atoms with E-state index in [4.69, 9.17) is 4.74 Å². The number of hydrogen-bond donors (Lipinski definition) is 2. The Bertz CT molecular complexity index is 897. The van der Waals surface area contributed by atoms with Crippen LogP contribution in [0, 0.1) is 0 Å². The van der Waals surface area contributed by atoms with Crippen LogP contribution in [0.2, 0.25) is 0 Å². The molecule has 0 saturated heterocycles. The van der Waals surface area contributed by atoms with Crippen molar-refractivity contribution >= 4 is 28.5 Å². The molecule has 0 atom stereocenters. The highest BCUT2D eigenvalue weighted by atomic mass is 32.1. The van der Waals surface area contributed by atoms with E-state index in [1.54, 1.807) is 11.0 Å². The molecule has 0 radical (unpaired) electrons. The molecular formula is C17H20N4O4S. The second-order valence-electron chi connectivity index (χ2n) is 6.91. The van der Waals surface area contributed by atoms with Crippen molar-refractivity contribution in [3.63, 3.8) is 0 Å². The summed E-state index contributed by atoms with van der Waals surface area (Å²) >= 11 is 1.30. The van der Waals surface area contributed by atoms with Crippen molar-refractivity contribution in [3.8, 4) is 0 Å². The zero-order valence-electron chi connectivity index (χ0n) is 14.8. The van der Waals surface area contributed by atoms with Crippen LogP contribution >= 0.6 is 11.3 Å². The van der Waals surface area contributed by atoms with Crippen LogP contribution in [0.1, 0.15) is 41.7 Å². The van der Waals surface area contributed by atoms with Gasteiger partial charge in [0, 0.05) is 24.0 Å². The molecule has 0 unspecified atom stereocenters. The average Bonchev–Trinajstić information content (AvgIpc) is 2.94. The normalized spacial score (nSPS) is 13.9. The highest BCUT2D eigenvalue weighted by Gasteiger charge is 2.28. The van der Waals surface area contributed by atoms with Crippen LogP contribution in [-0.2, 0) is 17.7 Å². The smallest absolute Gasteiger partial charge is 0.410 e. The van der Waals surface area contributed by atoms with Crippen LogP contribution in [0.15, 0.2) is 23.1 Å². The van der Waals surface area contributed by atoms with Crippen molar-refractivity contribution in [2.45, 2.75) is 39.3 Å². The first-order chi connectivity index (χ1) is 12.2. The Morgan fingerprint density at radius 3 is 2.85 bits per heavy atom. The Morgan fingerprint density at radius 1 is 1.38 bits per heavy atom. The van der Waals surface area contributed by atoms with Gasteiger partial charge in [0.15, 0.2) is 5.13 Å². The van der Waals surface area contributed by atoms with Gasteiger partial charge in [-0.2, -0.15) is 0 Å². The third-order valence-electron chi connectivity index (χ3n) is 3.67. The SMILES string of the molecule is CC(C)(C)OC(=O)N1CCc2nc(NC(=O)c3ccc[nH]c3=O)sc2C1. The van der Waals surface area contributed by atoms with Gasteiger partial charge < -0.3 is 14.6 Å². The van der Waals surface area contributed by atoms with E-state index in [-0.39, 0.29) is 11.7 Å². The van der Waals surface area contributed by atoms with Crippen molar-refractivity contribution < 1.29 is 14.3 Å². The third kappa shape index (κ3) is 4.10. The van der Waals surface area contributed by atoms with Gasteiger partial charge in [-0.3, -0.25) is 14.9 Å². The van der Waals surface area contributed by atoms with Gasteiger partial charge in [0.25, 0.3) is 11.5 Å². The van der Waals surface area contributed by atoms with Crippen LogP contribution in [0.3, 0.4) is 0 Å². The minimum Gasteiger partial charge on any atom is -0.444 e. The molecule has 2 aromatic heterocycles. The molecule has 0 fully saturated rings. The summed E-state index contributed by atoms with van der Waals surface area (Å²) in [5.41, 5.74) is -0.127. The van der Waals surface area contributed by atoms with Crippen molar-refractivity contribution in [2.24, 2.45) is 0 Å². The van der Waals surface area contributed by atoms with Gasteiger partial charge in [0.05, 0.1) is 12.2 Å². The molecule has 9 heteroatoms. The number of rotatable bonds is 2. The first-order valence-electron chi connectivity index (χ1n) is 8.18. The predicted molar refractivity (Wildman–Crippen MR) is 97.5 cm³/mol. The van der Waals surface area contributed by atoms with Crippen LogP contribution in [-0.4, -0.2) is 39.0 Å². The van der Waals surface area contributed by atoms with Crippen molar-refractivity contribution in [2.75, 3.05) is 11.9 Å². The molecule has 0 aliphatic carbocycles. The number of amides is 2. The van der Waals surface area contributed by atoms with Crippen LogP contribution in [0.25, 0.3) is 0 Å². The Morgan fingerprint density at radius 2 is 2.15 bits per heavy atom. The molecule has 0 spiro atoms. The van der Waals surface area contributed by atoms with Gasteiger partial charge in [-0.15, -0.1) is 0 Å². The summed E-state index contributed by atoms with van der Waals surface area (Å²) in [5.74, 6) is -0.512. The maximum atomic E-state index is 12.2. The number of carbonyl (C=O) groups is 2. The van der Waals surface area contributed by atoms with E-state index in [1.165, 1.54) is 23.6 Å². The molecule has 3 heterocycles. The first-order valence-corrected chi connectivity index (χ1v) is 9.00. The summed E-state index contributed by atoms with van der Waals surface area (Å²) in [4.78, 5) is 45.5. The second-order valence-corrected chi connectivity index (χ2v) is 7.99. The lowest BCUT2D eigenvalue weighted by Gasteiger charge is -2.29. The van der Waals surface area contributed by atoms with E-state index >= 15 is 0 Å². The fourth-order valence-electron chi connectivity index (χ4n) is 2.50. The average molecular weight is 376 g/mol. The second kappa shape index (κ2) is 6.91. The van der Waals surface area contributed by atoms with E-state index in [9.17, 15) is 14.4 Å². The largest absolute Gasteiger partial charge is 0.444 e. The Hall–Kier alpha value is -2.68. The number of hydrogen-bond acceptors (Lipinski definition) is 6. The quantitative estimate of drug-likeness (QED) is 0.837. The molecule has 138 valence electrons. The highest BCUT2D eigenvalue weighted by Crippen LogP contribution is 2.29. The number of thiazole rings is 1. The number of aromatic amines is 1. The molecule has 2 amide bonds. The Labute approximate surface area is 154 Å². The number of nitrogens with zero attached hydrogens (tertiary/aromatic N) is 2. The van der Waals surface area contributed by atoms with Crippen molar-refractivity contribution in [3.05, 3.63) is 44.8 Å². The summed E-state index contributed by atoms with van der Waals surface area (Å²) in [5, 5.41) is 3.06. The van der Waals surface area contributed by atoms with E-state index in [0.29, 0.717) is 24.6 Å². The van der Waals surface area contributed by atoms with Gasteiger partial charge in [0.1, 0.15) is 11.2 Å². The van der Waals surface area contributed by atoms with Gasteiger partial charge in [-0.1, -0.05) is 11.3 Å². The number of carbonyl (C=O) groups excluding carboxylic acids is 2. The van der Waals surface area contributed by atoms with E-state index in [0.717, 1.165) is 10.6 Å². The molecule has 2 N–H and O–H groups in total. The molecule has 3 rings (SSSR count). The number of pyridine rings is 1. The molecule has 0 bridgehead atoms. The molecule has 1 aliphatic rings. The Kier molecular flexibility index (Phi) is 4.82. The lowest BCUT2D eigenvalue weighted by atomic mass is 10.2. The topological polar surface area (TPSA) is 104 Å². The third-order valence-corrected chi connectivity index (χ3v) is 4.66. The van der Waals surface area contributed by atoms with Gasteiger partial charge in [-0.05, 0) is 32.9 Å². The van der Waals surface area contributed by atoms with E-state index < -0.39 is 17.1 Å². The molecule has 2 aromatic rings. The fraction of sp³-hybridized carbons (Fsp3) is 0.412. The summed E-state index contributed by atoms with van der Waals surface area (Å²) in [6.45, 7) is 6.38. The number of H-pyrrole nitrogens is 1. The van der Waals surface area contributed by atoms with Crippen LogP contribution in [0.5, 0.6) is 0 Å². The number of anilines is 1. The van der Waals surface area contributed by atoms with Gasteiger partial charge in [0.2, 0.25) is 0 Å². The minimum atomic E-state index is -0.549. The lowest BCUT2D eigenvalue weighted by Crippen LogP contribution is -2.39. The molecule has 1 aliphatic heterocycles. The van der Waals surface area contributed by atoms with Gasteiger partial charge in [-0.25, -0.2) is 9.78 Å². The number of ether oxygens (including phenoxy) is 1. The van der Waals surface area contributed by atoms with Crippen LogP contribution < -0.4 is 10.9 Å². The van der Waals surface area contributed by atoms with Gasteiger partial charge >= 0.3 is 6.09 Å².